The van der Waals surface area contributed by atoms with Gasteiger partial charge < -0.3 is 4.90 Å². The number of aromatic nitrogens is 1. The fraction of sp³-hybridized carbons (Fsp3) is 0.364. The number of nitro benzene ring substituents is 2. The summed E-state index contributed by atoms with van der Waals surface area (Å²) in [6.07, 6.45) is 0. The molecule has 3 aromatic rings. The molecule has 0 N–H and O–H groups in total. The highest BCUT2D eigenvalue weighted by atomic mass is 35.5. The highest BCUT2D eigenvalue weighted by molar-refractivity contribution is 7.22. The number of anilines is 1. The molecule has 0 fully saturated rings. The summed E-state index contributed by atoms with van der Waals surface area (Å²) in [4.78, 5) is 43.0. The molecular formula is C22H26ClN5O5S. The number of benzene rings is 2. The first-order valence-electron chi connectivity index (χ1n) is 10.5. The first-order chi connectivity index (χ1) is 15.6. The maximum absolute atomic E-state index is 13.5. The average molecular weight is 508 g/mol. The van der Waals surface area contributed by atoms with Gasteiger partial charge in [-0.25, -0.2) is 4.98 Å². The highest BCUT2D eigenvalue weighted by Gasteiger charge is 2.26. The SMILES string of the molecule is CCN(CC)CCN(C(=O)c1cc([N+](=O)[O-])cc([N+](=O)[O-])c1)c1nc2c(C)cc(C)cc2s1.Cl. The van der Waals surface area contributed by atoms with Crippen LogP contribution in [0.1, 0.15) is 35.3 Å². The van der Waals surface area contributed by atoms with E-state index in [1.165, 1.54) is 16.2 Å². The molecule has 0 saturated carbocycles. The maximum atomic E-state index is 13.5. The number of carbonyl (C=O) groups excluding carboxylic acids is 1. The van der Waals surface area contributed by atoms with Gasteiger partial charge in [-0.2, -0.15) is 0 Å². The van der Waals surface area contributed by atoms with E-state index in [0.717, 1.165) is 52.6 Å². The Morgan fingerprint density at radius 1 is 0.971 bits per heavy atom. The third-order valence-corrected chi connectivity index (χ3v) is 6.43. The van der Waals surface area contributed by atoms with Crippen molar-refractivity contribution >= 4 is 56.4 Å². The lowest BCUT2D eigenvalue weighted by molar-refractivity contribution is -0.394. The zero-order valence-electron chi connectivity index (χ0n) is 19.3. The van der Waals surface area contributed by atoms with Gasteiger partial charge in [-0.3, -0.25) is 29.9 Å². The van der Waals surface area contributed by atoms with Crippen LogP contribution in [-0.4, -0.2) is 51.8 Å². The molecule has 0 aliphatic heterocycles. The predicted molar refractivity (Wildman–Crippen MR) is 136 cm³/mol. The van der Waals surface area contributed by atoms with E-state index in [1.54, 1.807) is 0 Å². The Morgan fingerprint density at radius 3 is 2.09 bits per heavy atom. The van der Waals surface area contributed by atoms with Gasteiger partial charge in [-0.1, -0.05) is 31.3 Å². The lowest BCUT2D eigenvalue weighted by Gasteiger charge is -2.24. The number of aryl methyl sites for hydroxylation is 2. The summed E-state index contributed by atoms with van der Waals surface area (Å²) in [5.41, 5.74) is 1.70. The molecule has 1 aromatic heterocycles. The standard InChI is InChI=1S/C22H25N5O5S.ClH/c1-5-24(6-2)7-8-25(22-23-20-15(4)9-14(3)10-19(20)33-22)21(28)16-11-17(26(29)30)13-18(12-16)27(31)32;/h9-13H,5-8H2,1-4H3;1H. The van der Waals surface area contributed by atoms with Crippen LogP contribution in [0.5, 0.6) is 0 Å². The molecule has 0 aliphatic carbocycles. The molecule has 3 rings (SSSR count). The fourth-order valence-corrected chi connectivity index (χ4v) is 4.79. The van der Waals surface area contributed by atoms with E-state index in [1.807, 2.05) is 39.8 Å². The van der Waals surface area contributed by atoms with Crippen molar-refractivity contribution in [1.82, 2.24) is 9.88 Å². The van der Waals surface area contributed by atoms with E-state index >= 15 is 0 Å². The minimum absolute atomic E-state index is 0. The Bertz CT molecular complexity index is 1200. The Labute approximate surface area is 206 Å². The van der Waals surface area contributed by atoms with Gasteiger partial charge in [0.25, 0.3) is 17.3 Å². The number of thiazole rings is 1. The van der Waals surface area contributed by atoms with Crippen LogP contribution in [0.3, 0.4) is 0 Å². The smallest absolute Gasteiger partial charge is 0.277 e. The lowest BCUT2D eigenvalue weighted by atomic mass is 10.1. The van der Waals surface area contributed by atoms with Crippen molar-refractivity contribution in [3.63, 3.8) is 0 Å². The molecule has 0 spiro atoms. The quantitative estimate of drug-likeness (QED) is 0.290. The summed E-state index contributed by atoms with van der Waals surface area (Å²) < 4.78 is 0.924. The number of nitrogens with zero attached hydrogens (tertiary/aromatic N) is 5. The van der Waals surface area contributed by atoms with E-state index in [9.17, 15) is 25.0 Å². The minimum atomic E-state index is -0.742. The molecule has 182 valence electrons. The number of nitro groups is 2. The fourth-order valence-electron chi connectivity index (χ4n) is 3.62. The van der Waals surface area contributed by atoms with Gasteiger partial charge in [0.1, 0.15) is 0 Å². The third kappa shape index (κ3) is 5.85. The number of hydrogen-bond acceptors (Lipinski definition) is 8. The summed E-state index contributed by atoms with van der Waals surface area (Å²) in [7, 11) is 0. The molecule has 0 saturated heterocycles. The first kappa shape index (κ1) is 27.1. The second-order valence-electron chi connectivity index (χ2n) is 7.66. The zero-order valence-corrected chi connectivity index (χ0v) is 20.9. The molecule has 1 heterocycles. The maximum Gasteiger partial charge on any atom is 0.277 e. The summed E-state index contributed by atoms with van der Waals surface area (Å²) in [6, 6.07) is 7.00. The number of hydrogen-bond donors (Lipinski definition) is 0. The van der Waals surface area contributed by atoms with Crippen LogP contribution in [0, 0.1) is 34.1 Å². The van der Waals surface area contributed by atoms with Crippen LogP contribution in [-0.2, 0) is 0 Å². The molecule has 1 amide bonds. The third-order valence-electron chi connectivity index (χ3n) is 5.40. The van der Waals surface area contributed by atoms with Crippen molar-refractivity contribution in [2.45, 2.75) is 27.7 Å². The largest absolute Gasteiger partial charge is 0.302 e. The van der Waals surface area contributed by atoms with Crippen molar-refractivity contribution in [3.8, 4) is 0 Å². The summed E-state index contributed by atoms with van der Waals surface area (Å²) in [6.45, 7) is 10.4. The van der Waals surface area contributed by atoms with Gasteiger partial charge in [0, 0.05) is 25.2 Å². The molecule has 2 aromatic carbocycles. The Kier molecular flexibility index (Phi) is 9.02. The van der Waals surface area contributed by atoms with Crippen molar-refractivity contribution in [3.05, 3.63) is 67.3 Å². The van der Waals surface area contributed by atoms with Crippen LogP contribution in [0.15, 0.2) is 30.3 Å². The summed E-state index contributed by atoms with van der Waals surface area (Å²) in [5.74, 6) is -0.567. The number of halogens is 1. The molecule has 34 heavy (non-hydrogen) atoms. The van der Waals surface area contributed by atoms with Gasteiger partial charge in [-0.15, -0.1) is 12.4 Å². The van der Waals surface area contributed by atoms with Crippen LogP contribution in [0.2, 0.25) is 0 Å². The Hall–Kier alpha value is -3.15. The Balaban J connectivity index is 0.00000408. The second kappa shape index (κ2) is 11.3. The van der Waals surface area contributed by atoms with Crippen LogP contribution < -0.4 is 4.90 Å². The zero-order chi connectivity index (χ0) is 24.3. The van der Waals surface area contributed by atoms with E-state index in [2.05, 4.69) is 9.88 Å². The summed E-state index contributed by atoms with van der Waals surface area (Å²) in [5, 5.41) is 23.1. The number of non-ortho nitro benzene ring substituents is 2. The molecular weight excluding hydrogens is 482 g/mol. The van der Waals surface area contributed by atoms with Crippen LogP contribution >= 0.6 is 23.7 Å². The van der Waals surface area contributed by atoms with Gasteiger partial charge >= 0.3 is 0 Å². The number of amides is 1. The summed E-state index contributed by atoms with van der Waals surface area (Å²) >= 11 is 1.35. The molecule has 0 bridgehead atoms. The van der Waals surface area contributed by atoms with Crippen LogP contribution in [0.25, 0.3) is 10.2 Å². The molecule has 0 radical (unpaired) electrons. The minimum Gasteiger partial charge on any atom is -0.302 e. The predicted octanol–water partition coefficient (Wildman–Crippen LogP) is 5.14. The van der Waals surface area contributed by atoms with Gasteiger partial charge in [0.2, 0.25) is 0 Å². The lowest BCUT2D eigenvalue weighted by Crippen LogP contribution is -2.39. The van der Waals surface area contributed by atoms with Gasteiger partial charge in [-0.05, 0) is 44.1 Å². The van der Waals surface area contributed by atoms with Crippen molar-refractivity contribution in [2.24, 2.45) is 0 Å². The van der Waals surface area contributed by atoms with Crippen molar-refractivity contribution in [1.29, 1.82) is 0 Å². The van der Waals surface area contributed by atoms with E-state index in [-0.39, 0.29) is 24.5 Å². The Morgan fingerprint density at radius 2 is 1.56 bits per heavy atom. The van der Waals surface area contributed by atoms with Crippen molar-refractivity contribution in [2.75, 3.05) is 31.1 Å². The van der Waals surface area contributed by atoms with Crippen LogP contribution in [0.4, 0.5) is 16.5 Å². The average Bonchev–Trinajstić information content (AvgIpc) is 3.20. The molecule has 0 atom stereocenters. The van der Waals surface area contributed by atoms with E-state index in [0.29, 0.717) is 11.7 Å². The molecule has 12 heteroatoms. The second-order valence-corrected chi connectivity index (χ2v) is 8.67. The number of fused-ring (bicyclic) bond motifs is 1. The molecule has 0 unspecified atom stereocenters. The first-order valence-corrected chi connectivity index (χ1v) is 11.3. The monoisotopic (exact) mass is 507 g/mol. The normalized spacial score (nSPS) is 10.9. The molecule has 0 aliphatic rings. The van der Waals surface area contributed by atoms with Gasteiger partial charge in [0.15, 0.2) is 5.13 Å². The van der Waals surface area contributed by atoms with E-state index in [4.69, 9.17) is 0 Å². The molecule has 10 nitrogen and oxygen atoms in total. The number of likely N-dealkylation sites (N-methyl/N-ethyl adjacent to an activating group) is 1. The highest BCUT2D eigenvalue weighted by Crippen LogP contribution is 2.33. The topological polar surface area (TPSA) is 123 Å². The number of carbonyl (C=O) groups is 1. The number of rotatable bonds is 9. The van der Waals surface area contributed by atoms with Gasteiger partial charge in [0.05, 0.1) is 31.7 Å². The van der Waals surface area contributed by atoms with E-state index < -0.39 is 27.1 Å². The van der Waals surface area contributed by atoms with Crippen molar-refractivity contribution < 1.29 is 14.6 Å².